The van der Waals surface area contributed by atoms with E-state index in [2.05, 4.69) is 23.4 Å². The number of nitrogens with one attached hydrogen (secondary N) is 1. The zero-order valence-electron chi connectivity index (χ0n) is 15.2. The fraction of sp³-hybridized carbons (Fsp3) is 0.316. The molecule has 0 saturated heterocycles. The Morgan fingerprint density at radius 2 is 1.96 bits per heavy atom. The molecule has 1 aromatic carbocycles. The van der Waals surface area contributed by atoms with Gasteiger partial charge in [-0.05, 0) is 50.1 Å². The number of aryl methyl sites for hydroxylation is 4. The molecule has 0 fully saturated rings. The number of anilines is 1. The van der Waals surface area contributed by atoms with Crippen LogP contribution in [0.3, 0.4) is 0 Å². The Morgan fingerprint density at radius 1 is 1.20 bits per heavy atom. The van der Waals surface area contributed by atoms with Crippen LogP contribution in [0.25, 0.3) is 22.2 Å². The van der Waals surface area contributed by atoms with E-state index >= 15 is 0 Å². The summed E-state index contributed by atoms with van der Waals surface area (Å²) in [5, 5.41) is 8.30. The predicted molar refractivity (Wildman–Crippen MR) is 98.7 cm³/mol. The highest BCUT2D eigenvalue weighted by Crippen LogP contribution is 2.29. The summed E-state index contributed by atoms with van der Waals surface area (Å²) in [6, 6.07) is 6.03. The van der Waals surface area contributed by atoms with Crippen molar-refractivity contribution in [2.75, 3.05) is 19.0 Å². The SMILES string of the molecule is COCC(=O)Nc1cc2c(C)cc(-c3cn(C)nc3C)nc2cc1C. The molecule has 25 heavy (non-hydrogen) atoms. The molecule has 1 N–H and O–H groups in total. The lowest BCUT2D eigenvalue weighted by Gasteiger charge is -2.12. The van der Waals surface area contributed by atoms with Gasteiger partial charge in [-0.3, -0.25) is 9.48 Å². The van der Waals surface area contributed by atoms with Gasteiger partial charge >= 0.3 is 0 Å². The molecule has 0 aliphatic rings. The number of aromatic nitrogens is 3. The van der Waals surface area contributed by atoms with Gasteiger partial charge in [0.05, 0.1) is 16.9 Å². The third-order valence-corrected chi connectivity index (χ3v) is 4.20. The third kappa shape index (κ3) is 3.39. The van der Waals surface area contributed by atoms with Gasteiger partial charge in [0, 0.05) is 37.0 Å². The average Bonchev–Trinajstić information content (AvgIpc) is 2.87. The predicted octanol–water partition coefficient (Wildman–Crippen LogP) is 3.15. The quantitative estimate of drug-likeness (QED) is 0.793. The van der Waals surface area contributed by atoms with Crippen LogP contribution >= 0.6 is 0 Å². The fourth-order valence-corrected chi connectivity index (χ4v) is 2.99. The number of methoxy groups -OCH3 is 1. The van der Waals surface area contributed by atoms with Crippen molar-refractivity contribution >= 4 is 22.5 Å². The largest absolute Gasteiger partial charge is 0.375 e. The van der Waals surface area contributed by atoms with Crippen LogP contribution in [0.4, 0.5) is 5.69 Å². The van der Waals surface area contributed by atoms with Crippen molar-refractivity contribution in [1.29, 1.82) is 0 Å². The maximum absolute atomic E-state index is 11.8. The van der Waals surface area contributed by atoms with Gasteiger partial charge in [-0.2, -0.15) is 5.10 Å². The second-order valence-corrected chi connectivity index (χ2v) is 6.29. The van der Waals surface area contributed by atoms with Crippen molar-refractivity contribution < 1.29 is 9.53 Å². The molecule has 0 aliphatic carbocycles. The van der Waals surface area contributed by atoms with E-state index in [0.717, 1.165) is 44.7 Å². The molecule has 0 bridgehead atoms. The van der Waals surface area contributed by atoms with Crippen LogP contribution in [-0.4, -0.2) is 34.4 Å². The Hall–Kier alpha value is -2.73. The number of pyridine rings is 1. The lowest BCUT2D eigenvalue weighted by Crippen LogP contribution is -2.17. The summed E-state index contributed by atoms with van der Waals surface area (Å²) in [4.78, 5) is 16.6. The first-order chi connectivity index (χ1) is 11.9. The number of fused-ring (bicyclic) bond motifs is 1. The van der Waals surface area contributed by atoms with Crippen molar-refractivity contribution in [2.24, 2.45) is 7.05 Å². The summed E-state index contributed by atoms with van der Waals surface area (Å²) < 4.78 is 6.67. The third-order valence-electron chi connectivity index (χ3n) is 4.20. The number of hydrogen-bond acceptors (Lipinski definition) is 4. The van der Waals surface area contributed by atoms with Crippen LogP contribution in [0.15, 0.2) is 24.4 Å². The molecule has 3 rings (SSSR count). The van der Waals surface area contributed by atoms with Gasteiger partial charge < -0.3 is 10.1 Å². The summed E-state index contributed by atoms with van der Waals surface area (Å²) >= 11 is 0. The van der Waals surface area contributed by atoms with Crippen LogP contribution in [-0.2, 0) is 16.6 Å². The molecule has 0 atom stereocenters. The highest BCUT2D eigenvalue weighted by Gasteiger charge is 2.12. The van der Waals surface area contributed by atoms with Crippen molar-refractivity contribution in [2.45, 2.75) is 20.8 Å². The molecule has 1 amide bonds. The van der Waals surface area contributed by atoms with E-state index in [1.165, 1.54) is 7.11 Å². The molecule has 0 saturated carbocycles. The zero-order valence-corrected chi connectivity index (χ0v) is 15.2. The Kier molecular flexibility index (Phi) is 4.55. The number of nitrogens with zero attached hydrogens (tertiary/aromatic N) is 3. The smallest absolute Gasteiger partial charge is 0.250 e. The normalized spacial score (nSPS) is 11.1. The zero-order chi connectivity index (χ0) is 18.1. The number of ether oxygens (including phenoxy) is 1. The molecule has 6 nitrogen and oxygen atoms in total. The van der Waals surface area contributed by atoms with E-state index < -0.39 is 0 Å². The molecule has 0 unspecified atom stereocenters. The van der Waals surface area contributed by atoms with E-state index in [-0.39, 0.29) is 12.5 Å². The minimum absolute atomic E-state index is 0.0356. The molecule has 6 heteroatoms. The maximum atomic E-state index is 11.8. The minimum Gasteiger partial charge on any atom is -0.375 e. The number of benzene rings is 1. The van der Waals surface area contributed by atoms with Crippen LogP contribution in [0.1, 0.15) is 16.8 Å². The Morgan fingerprint density at radius 3 is 2.60 bits per heavy atom. The first-order valence-electron chi connectivity index (χ1n) is 8.10. The minimum atomic E-state index is -0.168. The number of carbonyl (C=O) groups excluding carboxylic acids is 1. The van der Waals surface area contributed by atoms with Gasteiger partial charge in [-0.15, -0.1) is 0 Å². The molecule has 3 aromatic rings. The second kappa shape index (κ2) is 6.64. The van der Waals surface area contributed by atoms with E-state index in [4.69, 9.17) is 9.72 Å². The van der Waals surface area contributed by atoms with E-state index in [9.17, 15) is 4.79 Å². The van der Waals surface area contributed by atoms with Crippen LogP contribution < -0.4 is 5.32 Å². The van der Waals surface area contributed by atoms with Gasteiger partial charge in [0.15, 0.2) is 0 Å². The van der Waals surface area contributed by atoms with Crippen molar-refractivity contribution in [1.82, 2.24) is 14.8 Å². The highest BCUT2D eigenvalue weighted by molar-refractivity contribution is 5.96. The van der Waals surface area contributed by atoms with Crippen molar-refractivity contribution in [3.8, 4) is 11.3 Å². The molecular formula is C19H22N4O2. The lowest BCUT2D eigenvalue weighted by molar-refractivity contribution is -0.119. The Labute approximate surface area is 146 Å². The maximum Gasteiger partial charge on any atom is 0.250 e. The van der Waals surface area contributed by atoms with E-state index in [0.29, 0.717) is 0 Å². The number of amides is 1. The van der Waals surface area contributed by atoms with Crippen LogP contribution in [0, 0.1) is 20.8 Å². The molecular weight excluding hydrogens is 316 g/mol. The highest BCUT2D eigenvalue weighted by atomic mass is 16.5. The van der Waals surface area contributed by atoms with Crippen LogP contribution in [0.5, 0.6) is 0 Å². The Balaban J connectivity index is 2.08. The molecule has 2 heterocycles. The van der Waals surface area contributed by atoms with Gasteiger partial charge in [0.1, 0.15) is 6.61 Å². The molecule has 2 aromatic heterocycles. The van der Waals surface area contributed by atoms with Gasteiger partial charge in [-0.1, -0.05) is 0 Å². The number of carbonyl (C=O) groups is 1. The Bertz CT molecular complexity index is 960. The summed E-state index contributed by atoms with van der Waals surface area (Å²) in [6.45, 7) is 6.03. The van der Waals surface area contributed by atoms with Gasteiger partial charge in [-0.25, -0.2) is 4.98 Å². The molecule has 0 aliphatic heterocycles. The fourth-order valence-electron chi connectivity index (χ4n) is 2.99. The molecule has 0 spiro atoms. The topological polar surface area (TPSA) is 69.0 Å². The summed E-state index contributed by atoms with van der Waals surface area (Å²) in [5.41, 5.74) is 6.64. The van der Waals surface area contributed by atoms with Gasteiger partial charge in [0.2, 0.25) is 5.91 Å². The van der Waals surface area contributed by atoms with Crippen molar-refractivity contribution in [3.05, 3.63) is 41.2 Å². The van der Waals surface area contributed by atoms with Crippen molar-refractivity contribution in [3.63, 3.8) is 0 Å². The van der Waals surface area contributed by atoms with Crippen LogP contribution in [0.2, 0.25) is 0 Å². The molecule has 130 valence electrons. The first-order valence-corrected chi connectivity index (χ1v) is 8.10. The summed E-state index contributed by atoms with van der Waals surface area (Å²) in [7, 11) is 3.41. The average molecular weight is 338 g/mol. The molecule has 0 radical (unpaired) electrons. The van der Waals surface area contributed by atoms with E-state index in [1.54, 1.807) is 4.68 Å². The summed E-state index contributed by atoms with van der Waals surface area (Å²) in [6.07, 6.45) is 1.98. The van der Waals surface area contributed by atoms with E-state index in [1.807, 2.05) is 39.2 Å². The summed E-state index contributed by atoms with van der Waals surface area (Å²) in [5.74, 6) is -0.168. The number of hydrogen-bond donors (Lipinski definition) is 1. The number of rotatable bonds is 4. The van der Waals surface area contributed by atoms with Gasteiger partial charge in [0.25, 0.3) is 0 Å². The standard InChI is InChI=1S/C19H22N4O2/c1-11-6-18(15-9-23(4)22-13(15)3)20-17-7-12(2)16(8-14(11)17)21-19(24)10-25-5/h6-9H,10H2,1-5H3,(H,21,24). The first kappa shape index (κ1) is 17.1. The monoisotopic (exact) mass is 338 g/mol. The lowest BCUT2D eigenvalue weighted by atomic mass is 10.0. The second-order valence-electron chi connectivity index (χ2n) is 6.29.